The molecule has 2 nitrogen and oxygen atoms in total. The molecule has 5 rings (SSSR count). The van der Waals surface area contributed by atoms with Gasteiger partial charge in [-0.15, -0.1) is 0 Å². The second kappa shape index (κ2) is 11.2. The summed E-state index contributed by atoms with van der Waals surface area (Å²) < 4.78 is 0. The Morgan fingerprint density at radius 2 is 0.917 bits per heavy atom. The minimum Gasteiger partial charge on any atom is -0.311 e. The van der Waals surface area contributed by atoms with E-state index in [4.69, 9.17) is 0 Å². The zero-order chi connectivity index (χ0) is 24.6. The van der Waals surface area contributed by atoms with Gasteiger partial charge in [-0.3, -0.25) is 4.79 Å². The fourth-order valence-electron chi connectivity index (χ4n) is 4.19. The number of rotatable bonds is 8. The molecule has 174 valence electrons. The van der Waals surface area contributed by atoms with Gasteiger partial charge in [-0.2, -0.15) is 0 Å². The lowest BCUT2D eigenvalue weighted by Crippen LogP contribution is -2.09. The molecule has 0 amide bonds. The van der Waals surface area contributed by atoms with Gasteiger partial charge in [-0.05, 0) is 53.1 Å². The van der Waals surface area contributed by atoms with Gasteiger partial charge in [0.15, 0.2) is 5.78 Å². The first-order chi connectivity index (χ1) is 17.8. The number of anilines is 3. The number of benzene rings is 5. The molecule has 0 aliphatic heterocycles. The van der Waals surface area contributed by atoms with Crippen LogP contribution in [0.15, 0.2) is 140 Å². The molecule has 0 radical (unpaired) electrons. The Morgan fingerprint density at radius 1 is 0.500 bits per heavy atom. The first kappa shape index (κ1) is 23.1. The van der Waals surface area contributed by atoms with Crippen molar-refractivity contribution in [3.05, 3.63) is 162 Å². The van der Waals surface area contributed by atoms with Gasteiger partial charge < -0.3 is 4.90 Å². The minimum absolute atomic E-state index is 0.138. The summed E-state index contributed by atoms with van der Waals surface area (Å²) in [5.41, 5.74) is 7.36. The van der Waals surface area contributed by atoms with Gasteiger partial charge in [0.1, 0.15) is 0 Å². The smallest absolute Gasteiger partial charge is 0.167 e. The van der Waals surface area contributed by atoms with E-state index >= 15 is 0 Å². The monoisotopic (exact) mass is 465 g/mol. The number of carbonyl (C=O) groups is 1. The Morgan fingerprint density at radius 3 is 1.42 bits per heavy atom. The largest absolute Gasteiger partial charge is 0.311 e. The topological polar surface area (TPSA) is 20.3 Å². The van der Waals surface area contributed by atoms with E-state index in [-0.39, 0.29) is 5.78 Å². The average Bonchev–Trinajstić information content (AvgIpc) is 2.95. The van der Waals surface area contributed by atoms with E-state index in [2.05, 4.69) is 102 Å². The second-order valence-electron chi connectivity index (χ2n) is 8.64. The van der Waals surface area contributed by atoms with E-state index in [1.165, 1.54) is 0 Å². The van der Waals surface area contributed by atoms with E-state index in [0.717, 1.165) is 39.3 Å². The molecule has 0 unspecified atom stereocenters. The maximum Gasteiger partial charge on any atom is 0.167 e. The number of hydrogen-bond donors (Lipinski definition) is 0. The third-order valence-corrected chi connectivity index (χ3v) is 6.09. The van der Waals surface area contributed by atoms with Crippen LogP contribution < -0.4 is 4.90 Å². The van der Waals surface area contributed by atoms with Gasteiger partial charge in [0.25, 0.3) is 0 Å². The highest BCUT2D eigenvalue weighted by Gasteiger charge is 2.11. The van der Waals surface area contributed by atoms with Crippen LogP contribution in [0.25, 0.3) is 12.2 Å². The Bertz CT molecular complexity index is 1380. The summed E-state index contributed by atoms with van der Waals surface area (Å²) in [6.45, 7) is 0. The van der Waals surface area contributed by atoms with E-state index in [0.29, 0.717) is 6.42 Å². The van der Waals surface area contributed by atoms with Gasteiger partial charge in [-0.1, -0.05) is 115 Å². The fourth-order valence-corrected chi connectivity index (χ4v) is 4.19. The van der Waals surface area contributed by atoms with Crippen LogP contribution in [0.5, 0.6) is 0 Å². The predicted octanol–water partition coefficient (Wildman–Crippen LogP) is 8.75. The quantitative estimate of drug-likeness (QED) is 0.169. The van der Waals surface area contributed by atoms with E-state index in [9.17, 15) is 4.79 Å². The Balaban J connectivity index is 1.28. The van der Waals surface area contributed by atoms with Gasteiger partial charge in [0.05, 0.1) is 0 Å². The molecule has 0 heterocycles. The number of nitrogens with zero attached hydrogens (tertiary/aromatic N) is 1. The highest BCUT2D eigenvalue weighted by Crippen LogP contribution is 2.34. The first-order valence-electron chi connectivity index (χ1n) is 12.1. The van der Waals surface area contributed by atoms with Crippen molar-refractivity contribution in [3.8, 4) is 0 Å². The molecule has 0 fully saturated rings. The summed E-state index contributed by atoms with van der Waals surface area (Å²) in [6, 6.07) is 47.0. The van der Waals surface area contributed by atoms with Crippen molar-refractivity contribution in [1.82, 2.24) is 0 Å². The molecular formula is C34H27NO. The molecule has 0 bridgehead atoms. The lowest BCUT2D eigenvalue weighted by atomic mass is 10.0. The zero-order valence-electron chi connectivity index (χ0n) is 20.0. The van der Waals surface area contributed by atoms with Crippen LogP contribution in [0.4, 0.5) is 17.1 Å². The molecule has 0 atom stereocenters. The number of ketones is 1. The zero-order valence-corrected chi connectivity index (χ0v) is 20.0. The predicted molar refractivity (Wildman–Crippen MR) is 151 cm³/mol. The minimum atomic E-state index is 0.138. The van der Waals surface area contributed by atoms with Gasteiger partial charge in [0, 0.05) is 29.0 Å². The van der Waals surface area contributed by atoms with Crippen LogP contribution in [0, 0.1) is 0 Å². The van der Waals surface area contributed by atoms with Gasteiger partial charge in [0.2, 0.25) is 0 Å². The molecule has 0 aromatic heterocycles. The molecule has 2 heteroatoms. The Kier molecular flexibility index (Phi) is 7.15. The van der Waals surface area contributed by atoms with Crippen LogP contribution in [-0.4, -0.2) is 5.78 Å². The molecule has 0 saturated carbocycles. The molecule has 5 aromatic rings. The third-order valence-electron chi connectivity index (χ3n) is 6.09. The summed E-state index contributed by atoms with van der Waals surface area (Å²) in [7, 11) is 0. The molecule has 0 aliphatic rings. The van der Waals surface area contributed by atoms with E-state index < -0.39 is 0 Å². The second-order valence-corrected chi connectivity index (χ2v) is 8.64. The van der Waals surface area contributed by atoms with Crippen molar-refractivity contribution >= 4 is 35.0 Å². The van der Waals surface area contributed by atoms with Crippen LogP contribution in [0.1, 0.15) is 27.0 Å². The van der Waals surface area contributed by atoms with Crippen molar-refractivity contribution in [2.24, 2.45) is 0 Å². The maximum absolute atomic E-state index is 12.4. The molecular weight excluding hydrogens is 438 g/mol. The summed E-state index contributed by atoms with van der Waals surface area (Å²) in [6.07, 6.45) is 4.63. The number of carbonyl (C=O) groups excluding carboxylic acids is 1. The normalized spacial score (nSPS) is 10.9. The van der Waals surface area contributed by atoms with E-state index in [1.807, 2.05) is 54.6 Å². The van der Waals surface area contributed by atoms with Crippen molar-refractivity contribution in [2.75, 3.05) is 4.90 Å². The average molecular weight is 466 g/mol. The lowest BCUT2D eigenvalue weighted by Gasteiger charge is -2.25. The highest BCUT2D eigenvalue weighted by atomic mass is 16.1. The number of para-hydroxylation sites is 2. The van der Waals surface area contributed by atoms with E-state index in [1.54, 1.807) is 0 Å². The SMILES string of the molecule is O=C(Cc1ccc(C=Cc2ccc(N(c3ccccc3)c3ccccc3)cc2)cc1)c1ccccc1. The lowest BCUT2D eigenvalue weighted by molar-refractivity contribution is 0.0993. The Hall–Kier alpha value is -4.69. The standard InChI is InChI=1S/C34H27NO/c36-34(30-10-4-1-5-11-30)26-29-20-18-27(19-21-29)16-17-28-22-24-33(25-23-28)35(31-12-6-2-7-13-31)32-14-8-3-9-15-32/h1-25H,26H2. The molecule has 0 saturated heterocycles. The summed E-state index contributed by atoms with van der Waals surface area (Å²) in [4.78, 5) is 14.7. The fraction of sp³-hybridized carbons (Fsp3) is 0.0294. The third kappa shape index (κ3) is 5.68. The number of hydrogen-bond acceptors (Lipinski definition) is 2. The van der Waals surface area contributed by atoms with Crippen molar-refractivity contribution in [1.29, 1.82) is 0 Å². The van der Waals surface area contributed by atoms with Crippen LogP contribution >= 0.6 is 0 Å². The van der Waals surface area contributed by atoms with Crippen molar-refractivity contribution in [3.63, 3.8) is 0 Å². The van der Waals surface area contributed by atoms with Gasteiger partial charge in [-0.25, -0.2) is 0 Å². The number of Topliss-reactive ketones (excluding diaryl/α,β-unsaturated/α-hetero) is 1. The van der Waals surface area contributed by atoms with Crippen molar-refractivity contribution < 1.29 is 4.79 Å². The molecule has 0 N–H and O–H groups in total. The summed E-state index contributed by atoms with van der Waals surface area (Å²) >= 11 is 0. The van der Waals surface area contributed by atoms with Crippen molar-refractivity contribution in [2.45, 2.75) is 6.42 Å². The van der Waals surface area contributed by atoms with Crippen LogP contribution in [-0.2, 0) is 6.42 Å². The van der Waals surface area contributed by atoms with Gasteiger partial charge >= 0.3 is 0 Å². The van der Waals surface area contributed by atoms with Crippen LogP contribution in [0.2, 0.25) is 0 Å². The maximum atomic E-state index is 12.4. The summed E-state index contributed by atoms with van der Waals surface area (Å²) in [5, 5.41) is 0. The first-order valence-corrected chi connectivity index (χ1v) is 12.1. The summed E-state index contributed by atoms with van der Waals surface area (Å²) in [5.74, 6) is 0.138. The molecule has 36 heavy (non-hydrogen) atoms. The molecule has 5 aromatic carbocycles. The Labute approximate surface area is 212 Å². The molecule has 0 aliphatic carbocycles. The van der Waals surface area contributed by atoms with Crippen LogP contribution in [0.3, 0.4) is 0 Å². The molecule has 0 spiro atoms. The highest BCUT2D eigenvalue weighted by molar-refractivity contribution is 5.97.